The maximum atomic E-state index is 10.0. The summed E-state index contributed by atoms with van der Waals surface area (Å²) in [6.07, 6.45) is 1.99. The number of hydrogen-bond donors (Lipinski definition) is 1. The molecule has 10 heavy (non-hydrogen) atoms. The van der Waals surface area contributed by atoms with Crippen LogP contribution in [0.3, 0.4) is 0 Å². The zero-order valence-corrected chi connectivity index (χ0v) is 6.14. The molecule has 0 amide bonds. The molecule has 0 bridgehead atoms. The molecule has 0 radical (unpaired) electrons. The standard InChI is InChI=1S/C7H13NO2/c1-3-4-5-8-6(2)7(9)10/h8H,2-5H2,1H3,(H,9,10)/p-1. The van der Waals surface area contributed by atoms with Crippen LogP contribution >= 0.6 is 0 Å². The van der Waals surface area contributed by atoms with Gasteiger partial charge in [0.15, 0.2) is 0 Å². The van der Waals surface area contributed by atoms with Crippen molar-refractivity contribution >= 4 is 5.97 Å². The van der Waals surface area contributed by atoms with Crippen LogP contribution < -0.4 is 10.4 Å². The van der Waals surface area contributed by atoms with E-state index in [1.54, 1.807) is 0 Å². The second-order valence-corrected chi connectivity index (χ2v) is 2.05. The lowest BCUT2D eigenvalue weighted by Gasteiger charge is -2.08. The molecule has 0 unspecified atom stereocenters. The molecule has 0 saturated heterocycles. The molecular formula is C7H12NO2-. The number of carbonyl (C=O) groups is 1. The molecule has 0 aromatic carbocycles. The van der Waals surface area contributed by atoms with E-state index in [9.17, 15) is 9.90 Å². The molecule has 0 atom stereocenters. The van der Waals surface area contributed by atoms with Gasteiger partial charge in [-0.2, -0.15) is 0 Å². The van der Waals surface area contributed by atoms with Crippen molar-refractivity contribution in [1.29, 1.82) is 0 Å². The van der Waals surface area contributed by atoms with Crippen molar-refractivity contribution in [3.05, 3.63) is 12.3 Å². The molecule has 0 aromatic heterocycles. The van der Waals surface area contributed by atoms with Gasteiger partial charge in [-0.05, 0) is 6.42 Å². The molecule has 58 valence electrons. The largest absolute Gasteiger partial charge is 0.543 e. The van der Waals surface area contributed by atoms with Crippen LogP contribution in [0.1, 0.15) is 19.8 Å². The number of carboxylic acid groups (broad SMARTS) is 1. The third kappa shape index (κ3) is 3.95. The number of nitrogens with one attached hydrogen (secondary N) is 1. The van der Waals surface area contributed by atoms with Crippen molar-refractivity contribution in [1.82, 2.24) is 5.32 Å². The van der Waals surface area contributed by atoms with Crippen molar-refractivity contribution in [2.24, 2.45) is 0 Å². The molecule has 0 rings (SSSR count). The summed E-state index contributed by atoms with van der Waals surface area (Å²) in [6, 6.07) is 0. The predicted octanol–water partition coefficient (Wildman–Crippen LogP) is -0.360. The minimum absolute atomic E-state index is 0.0338. The number of carboxylic acids is 1. The lowest BCUT2D eigenvalue weighted by molar-refractivity contribution is -0.299. The van der Waals surface area contributed by atoms with Crippen molar-refractivity contribution in [2.45, 2.75) is 19.8 Å². The molecule has 0 aliphatic rings. The maximum Gasteiger partial charge on any atom is 0.0868 e. The Morgan fingerprint density at radius 2 is 2.30 bits per heavy atom. The molecule has 0 fully saturated rings. The number of carbonyl (C=O) groups excluding carboxylic acids is 1. The van der Waals surface area contributed by atoms with Crippen molar-refractivity contribution in [3.8, 4) is 0 Å². The molecule has 0 saturated carbocycles. The Kier molecular flexibility index (Phi) is 4.37. The van der Waals surface area contributed by atoms with Gasteiger partial charge in [0, 0.05) is 12.2 Å². The van der Waals surface area contributed by atoms with Gasteiger partial charge in [-0.25, -0.2) is 0 Å². The number of unbranched alkanes of at least 4 members (excludes halogenated alkanes) is 1. The quantitative estimate of drug-likeness (QED) is 0.421. The first-order chi connectivity index (χ1) is 4.68. The molecule has 0 aliphatic heterocycles. The summed E-state index contributed by atoms with van der Waals surface area (Å²) in [5.74, 6) is -1.23. The molecule has 0 heterocycles. The predicted molar refractivity (Wildman–Crippen MR) is 37.1 cm³/mol. The average molecular weight is 142 g/mol. The Hall–Kier alpha value is -0.990. The third-order valence-corrected chi connectivity index (χ3v) is 1.12. The van der Waals surface area contributed by atoms with E-state index in [0.717, 1.165) is 12.8 Å². The highest BCUT2D eigenvalue weighted by Gasteiger charge is 1.90. The third-order valence-electron chi connectivity index (χ3n) is 1.12. The molecule has 0 aromatic rings. The smallest absolute Gasteiger partial charge is 0.0868 e. The first-order valence-electron chi connectivity index (χ1n) is 3.32. The Balaban J connectivity index is 3.31. The fourth-order valence-corrected chi connectivity index (χ4v) is 0.488. The second kappa shape index (κ2) is 4.85. The van der Waals surface area contributed by atoms with Crippen LogP contribution in [0.25, 0.3) is 0 Å². The topological polar surface area (TPSA) is 52.2 Å². The van der Waals surface area contributed by atoms with Gasteiger partial charge in [0.05, 0.1) is 5.97 Å². The van der Waals surface area contributed by atoms with Gasteiger partial charge < -0.3 is 15.2 Å². The normalized spacial score (nSPS) is 8.90. The van der Waals surface area contributed by atoms with Gasteiger partial charge in [-0.15, -0.1) is 0 Å². The SMILES string of the molecule is C=C(NCCCC)C(=O)[O-]. The van der Waals surface area contributed by atoms with E-state index in [0.29, 0.717) is 6.54 Å². The lowest BCUT2D eigenvalue weighted by Crippen LogP contribution is -2.32. The highest BCUT2D eigenvalue weighted by molar-refractivity contribution is 5.82. The van der Waals surface area contributed by atoms with E-state index in [4.69, 9.17) is 0 Å². The summed E-state index contributed by atoms with van der Waals surface area (Å²) in [5.41, 5.74) is -0.0338. The number of hydrogen-bond acceptors (Lipinski definition) is 3. The summed E-state index contributed by atoms with van der Waals surface area (Å²) in [5, 5.41) is 12.6. The van der Waals surface area contributed by atoms with Crippen LogP contribution in [0.4, 0.5) is 0 Å². The van der Waals surface area contributed by atoms with Crippen molar-refractivity contribution in [3.63, 3.8) is 0 Å². The Bertz CT molecular complexity index is 132. The summed E-state index contributed by atoms with van der Waals surface area (Å²) in [7, 11) is 0. The zero-order chi connectivity index (χ0) is 7.98. The van der Waals surface area contributed by atoms with Gasteiger partial charge in [0.25, 0.3) is 0 Å². The molecule has 0 aliphatic carbocycles. The average Bonchev–Trinajstić information content (AvgIpc) is 1.88. The molecule has 3 nitrogen and oxygen atoms in total. The number of aliphatic carboxylic acids is 1. The minimum Gasteiger partial charge on any atom is -0.543 e. The van der Waals surface area contributed by atoms with Crippen LogP contribution in [0.5, 0.6) is 0 Å². The summed E-state index contributed by atoms with van der Waals surface area (Å²) < 4.78 is 0. The summed E-state index contributed by atoms with van der Waals surface area (Å²) >= 11 is 0. The number of rotatable bonds is 5. The van der Waals surface area contributed by atoms with E-state index >= 15 is 0 Å². The molecule has 1 N–H and O–H groups in total. The fourth-order valence-electron chi connectivity index (χ4n) is 0.488. The molecular weight excluding hydrogens is 130 g/mol. The van der Waals surface area contributed by atoms with Gasteiger partial charge in [0.2, 0.25) is 0 Å². The fraction of sp³-hybridized carbons (Fsp3) is 0.571. The maximum absolute atomic E-state index is 10.0. The summed E-state index contributed by atoms with van der Waals surface area (Å²) in [6.45, 7) is 5.94. The Labute approximate surface area is 60.7 Å². The van der Waals surface area contributed by atoms with E-state index in [2.05, 4.69) is 11.9 Å². The second-order valence-electron chi connectivity index (χ2n) is 2.05. The van der Waals surface area contributed by atoms with Gasteiger partial charge in [0.1, 0.15) is 0 Å². The first-order valence-corrected chi connectivity index (χ1v) is 3.32. The minimum atomic E-state index is -1.23. The lowest BCUT2D eigenvalue weighted by atomic mass is 10.3. The van der Waals surface area contributed by atoms with Crippen molar-refractivity contribution < 1.29 is 9.90 Å². The van der Waals surface area contributed by atoms with Crippen LogP contribution in [0.15, 0.2) is 12.3 Å². The molecule has 3 heteroatoms. The van der Waals surface area contributed by atoms with E-state index in [-0.39, 0.29) is 5.70 Å². The van der Waals surface area contributed by atoms with E-state index < -0.39 is 5.97 Å². The van der Waals surface area contributed by atoms with Gasteiger partial charge in [-0.1, -0.05) is 19.9 Å². The molecule has 0 spiro atoms. The van der Waals surface area contributed by atoms with Crippen LogP contribution in [0.2, 0.25) is 0 Å². The van der Waals surface area contributed by atoms with Gasteiger partial charge >= 0.3 is 0 Å². The Morgan fingerprint density at radius 1 is 1.70 bits per heavy atom. The van der Waals surface area contributed by atoms with E-state index in [1.807, 2.05) is 6.92 Å². The van der Waals surface area contributed by atoms with Gasteiger partial charge in [-0.3, -0.25) is 0 Å². The highest BCUT2D eigenvalue weighted by Crippen LogP contribution is 1.85. The van der Waals surface area contributed by atoms with Crippen molar-refractivity contribution in [2.75, 3.05) is 6.54 Å². The summed E-state index contributed by atoms with van der Waals surface area (Å²) in [4.78, 5) is 10.0. The highest BCUT2D eigenvalue weighted by atomic mass is 16.4. The monoisotopic (exact) mass is 142 g/mol. The Morgan fingerprint density at radius 3 is 2.70 bits per heavy atom. The van der Waals surface area contributed by atoms with E-state index in [1.165, 1.54) is 0 Å². The van der Waals surface area contributed by atoms with Crippen LogP contribution in [0, 0.1) is 0 Å². The first kappa shape index (κ1) is 9.01. The van der Waals surface area contributed by atoms with Crippen LogP contribution in [-0.2, 0) is 4.79 Å². The van der Waals surface area contributed by atoms with Crippen LogP contribution in [-0.4, -0.2) is 12.5 Å². The zero-order valence-electron chi connectivity index (χ0n) is 6.14.